The van der Waals surface area contributed by atoms with Gasteiger partial charge in [-0.2, -0.15) is 4.98 Å². The predicted molar refractivity (Wildman–Crippen MR) is 80.2 cm³/mol. The van der Waals surface area contributed by atoms with Gasteiger partial charge in [-0.15, -0.1) is 0 Å². The average molecular weight is 281 g/mol. The van der Waals surface area contributed by atoms with Gasteiger partial charge in [-0.25, -0.2) is 4.98 Å². The fraction of sp³-hybridized carbons (Fsp3) is 0.692. The van der Waals surface area contributed by atoms with Gasteiger partial charge in [0.2, 0.25) is 11.8 Å². The number of unbranched alkanes of at least 4 members (excludes halogenated alkanes) is 2. The van der Waals surface area contributed by atoms with Crippen LogP contribution >= 0.6 is 0 Å². The molecule has 0 fully saturated rings. The van der Waals surface area contributed by atoms with Gasteiger partial charge in [0.1, 0.15) is 5.69 Å². The summed E-state index contributed by atoms with van der Waals surface area (Å²) < 4.78 is 0. The molecule has 0 aliphatic heterocycles. The van der Waals surface area contributed by atoms with E-state index in [-0.39, 0.29) is 5.69 Å². The Kier molecular flexibility index (Phi) is 6.69. The van der Waals surface area contributed by atoms with Gasteiger partial charge in [0.05, 0.1) is 4.92 Å². The van der Waals surface area contributed by atoms with E-state index in [1.807, 2.05) is 6.92 Å². The maximum Gasteiger partial charge on any atom is 0.332 e. The quantitative estimate of drug-likeness (QED) is 0.410. The van der Waals surface area contributed by atoms with Gasteiger partial charge < -0.3 is 10.6 Å². The third-order valence-corrected chi connectivity index (χ3v) is 2.85. The first-order valence-electron chi connectivity index (χ1n) is 7.10. The maximum atomic E-state index is 11.1. The Balaban J connectivity index is 2.90. The van der Waals surface area contributed by atoms with Crippen molar-refractivity contribution >= 4 is 17.5 Å². The number of rotatable bonds is 9. The van der Waals surface area contributed by atoms with Gasteiger partial charge in [-0.1, -0.05) is 26.7 Å². The molecular formula is C13H23N5O2. The van der Waals surface area contributed by atoms with Crippen LogP contribution in [0, 0.1) is 17.0 Å². The van der Waals surface area contributed by atoms with Gasteiger partial charge >= 0.3 is 5.69 Å². The number of nitro groups is 1. The fourth-order valence-electron chi connectivity index (χ4n) is 1.81. The minimum atomic E-state index is -0.429. The normalized spacial score (nSPS) is 10.3. The Morgan fingerprint density at radius 1 is 1.10 bits per heavy atom. The molecule has 0 saturated carbocycles. The molecule has 0 bridgehead atoms. The summed E-state index contributed by atoms with van der Waals surface area (Å²) in [6, 6.07) is 0. The Bertz CT molecular complexity index is 451. The lowest BCUT2D eigenvalue weighted by Crippen LogP contribution is -2.12. The van der Waals surface area contributed by atoms with Gasteiger partial charge in [0.15, 0.2) is 0 Å². The van der Waals surface area contributed by atoms with Crippen molar-refractivity contribution in [1.29, 1.82) is 0 Å². The summed E-state index contributed by atoms with van der Waals surface area (Å²) in [5.74, 6) is 0.741. The fourth-order valence-corrected chi connectivity index (χ4v) is 1.81. The lowest BCUT2D eigenvalue weighted by molar-refractivity contribution is -0.385. The summed E-state index contributed by atoms with van der Waals surface area (Å²) in [7, 11) is 0. The van der Waals surface area contributed by atoms with Crippen LogP contribution < -0.4 is 10.6 Å². The third kappa shape index (κ3) is 4.64. The highest BCUT2D eigenvalue weighted by Crippen LogP contribution is 2.26. The van der Waals surface area contributed by atoms with Crippen LogP contribution in [0.1, 0.15) is 45.2 Å². The lowest BCUT2D eigenvalue weighted by Gasteiger charge is -2.10. The third-order valence-electron chi connectivity index (χ3n) is 2.85. The number of hydrogen-bond acceptors (Lipinski definition) is 6. The van der Waals surface area contributed by atoms with E-state index in [0.29, 0.717) is 24.0 Å². The highest BCUT2D eigenvalue weighted by atomic mass is 16.6. The summed E-state index contributed by atoms with van der Waals surface area (Å²) in [6.45, 7) is 7.21. The Labute approximate surface area is 119 Å². The van der Waals surface area contributed by atoms with Crippen molar-refractivity contribution in [1.82, 2.24) is 9.97 Å². The molecule has 0 aromatic carbocycles. The standard InChI is InChI=1S/C13H23N5O2/c1-4-6-7-9-14-12-11(18(19)20)10(3)16-13(17-12)15-8-5-2/h4-9H2,1-3H3,(H2,14,15,16,17). The first kappa shape index (κ1) is 16.1. The van der Waals surface area contributed by atoms with Gasteiger partial charge in [-0.3, -0.25) is 10.1 Å². The molecule has 0 radical (unpaired) electrons. The van der Waals surface area contributed by atoms with Crippen LogP contribution in [0.2, 0.25) is 0 Å². The monoisotopic (exact) mass is 281 g/mol. The number of hydrogen-bond donors (Lipinski definition) is 2. The molecule has 1 heterocycles. The molecular weight excluding hydrogens is 258 g/mol. The van der Waals surface area contributed by atoms with E-state index < -0.39 is 4.92 Å². The van der Waals surface area contributed by atoms with Crippen molar-refractivity contribution in [3.05, 3.63) is 15.8 Å². The number of nitrogens with one attached hydrogen (secondary N) is 2. The summed E-state index contributed by atoms with van der Waals surface area (Å²) in [5.41, 5.74) is 0.338. The highest BCUT2D eigenvalue weighted by Gasteiger charge is 2.21. The van der Waals surface area contributed by atoms with E-state index in [0.717, 1.165) is 32.2 Å². The first-order valence-corrected chi connectivity index (χ1v) is 7.10. The highest BCUT2D eigenvalue weighted by molar-refractivity contribution is 5.60. The van der Waals surface area contributed by atoms with Crippen molar-refractivity contribution < 1.29 is 4.92 Å². The molecule has 7 heteroatoms. The van der Waals surface area contributed by atoms with E-state index in [1.165, 1.54) is 0 Å². The molecule has 0 spiro atoms. The minimum Gasteiger partial charge on any atom is -0.364 e. The Morgan fingerprint density at radius 2 is 1.85 bits per heavy atom. The van der Waals surface area contributed by atoms with Crippen LogP contribution in [-0.4, -0.2) is 28.0 Å². The molecule has 1 rings (SSSR count). The molecule has 2 N–H and O–H groups in total. The second-order valence-corrected chi connectivity index (χ2v) is 4.65. The average Bonchev–Trinajstić information content (AvgIpc) is 2.40. The van der Waals surface area contributed by atoms with Crippen molar-refractivity contribution in [3.63, 3.8) is 0 Å². The zero-order chi connectivity index (χ0) is 15.0. The summed E-state index contributed by atoms with van der Waals surface area (Å²) in [6.07, 6.45) is 4.11. The van der Waals surface area contributed by atoms with E-state index >= 15 is 0 Å². The smallest absolute Gasteiger partial charge is 0.332 e. The Hall–Kier alpha value is -1.92. The number of aryl methyl sites for hydroxylation is 1. The van der Waals surface area contributed by atoms with Crippen molar-refractivity contribution in [2.75, 3.05) is 23.7 Å². The van der Waals surface area contributed by atoms with Crippen molar-refractivity contribution in [2.45, 2.75) is 46.5 Å². The summed E-state index contributed by atoms with van der Waals surface area (Å²) in [4.78, 5) is 19.0. The van der Waals surface area contributed by atoms with Crippen LogP contribution in [0.5, 0.6) is 0 Å². The predicted octanol–water partition coefficient (Wildman–Crippen LogP) is 3.12. The molecule has 1 aromatic heterocycles. The number of nitrogens with zero attached hydrogens (tertiary/aromatic N) is 3. The zero-order valence-corrected chi connectivity index (χ0v) is 12.4. The molecule has 0 aliphatic carbocycles. The van der Waals surface area contributed by atoms with E-state index in [1.54, 1.807) is 6.92 Å². The van der Waals surface area contributed by atoms with Crippen LogP contribution in [-0.2, 0) is 0 Å². The molecule has 0 atom stereocenters. The zero-order valence-electron chi connectivity index (χ0n) is 12.4. The van der Waals surface area contributed by atoms with Crippen LogP contribution in [0.15, 0.2) is 0 Å². The van der Waals surface area contributed by atoms with Gasteiger partial charge in [0.25, 0.3) is 0 Å². The largest absolute Gasteiger partial charge is 0.364 e. The second-order valence-electron chi connectivity index (χ2n) is 4.65. The van der Waals surface area contributed by atoms with Gasteiger partial charge in [0, 0.05) is 13.1 Å². The molecule has 1 aromatic rings. The van der Waals surface area contributed by atoms with Crippen LogP contribution in [0.25, 0.3) is 0 Å². The topological polar surface area (TPSA) is 93.0 Å². The lowest BCUT2D eigenvalue weighted by atomic mass is 10.2. The SMILES string of the molecule is CCCCCNc1nc(NCCC)nc(C)c1[N+](=O)[O-]. The number of aromatic nitrogens is 2. The molecule has 0 saturated heterocycles. The molecule has 0 amide bonds. The molecule has 0 aliphatic rings. The van der Waals surface area contributed by atoms with E-state index in [2.05, 4.69) is 27.5 Å². The van der Waals surface area contributed by atoms with Gasteiger partial charge in [-0.05, 0) is 19.8 Å². The molecule has 0 unspecified atom stereocenters. The minimum absolute atomic E-state index is 0.0384. The van der Waals surface area contributed by atoms with Crippen molar-refractivity contribution in [2.24, 2.45) is 0 Å². The summed E-state index contributed by atoms with van der Waals surface area (Å²) in [5, 5.41) is 17.2. The maximum absolute atomic E-state index is 11.1. The Morgan fingerprint density at radius 3 is 2.45 bits per heavy atom. The number of anilines is 2. The van der Waals surface area contributed by atoms with Crippen LogP contribution in [0.4, 0.5) is 17.5 Å². The van der Waals surface area contributed by atoms with Crippen molar-refractivity contribution in [3.8, 4) is 0 Å². The van der Waals surface area contributed by atoms with E-state index in [4.69, 9.17) is 0 Å². The molecule has 7 nitrogen and oxygen atoms in total. The first-order chi connectivity index (χ1) is 9.60. The van der Waals surface area contributed by atoms with Crippen LogP contribution in [0.3, 0.4) is 0 Å². The molecule has 20 heavy (non-hydrogen) atoms. The molecule has 112 valence electrons. The summed E-state index contributed by atoms with van der Waals surface area (Å²) >= 11 is 0. The van der Waals surface area contributed by atoms with E-state index in [9.17, 15) is 10.1 Å². The second kappa shape index (κ2) is 8.29.